The molecule has 1 rings (SSSR count). The highest BCUT2D eigenvalue weighted by atomic mass is 32.2. The van der Waals surface area contributed by atoms with E-state index in [1.807, 2.05) is 32.9 Å². The van der Waals surface area contributed by atoms with E-state index in [9.17, 15) is 8.42 Å². The van der Waals surface area contributed by atoms with Crippen LogP contribution in [0.15, 0.2) is 40.8 Å². The lowest BCUT2D eigenvalue weighted by atomic mass is 10.2. The largest absolute Gasteiger partial charge is 0.223 e. The summed E-state index contributed by atoms with van der Waals surface area (Å²) in [5.74, 6) is 0.0817. The van der Waals surface area contributed by atoms with Crippen molar-refractivity contribution in [2.75, 3.05) is 5.75 Å². The molecule has 0 aliphatic rings. The Bertz CT molecular complexity index is 449. The van der Waals surface area contributed by atoms with Gasteiger partial charge in [-0.2, -0.15) is 0 Å². The van der Waals surface area contributed by atoms with E-state index in [0.717, 1.165) is 11.1 Å². The van der Waals surface area contributed by atoms with E-state index in [4.69, 9.17) is 0 Å². The zero-order valence-corrected chi connectivity index (χ0v) is 10.1. The second-order valence-corrected chi connectivity index (χ2v) is 5.91. The standard InChI is InChI=1S/C12H16O2S/c1-10(2)8-9-15(13,14)12-6-4-11(3)5-7-12/h4-8H,9H2,1-3H3. The minimum Gasteiger partial charge on any atom is -0.223 e. The van der Waals surface area contributed by atoms with Crippen LogP contribution < -0.4 is 0 Å². The maximum Gasteiger partial charge on any atom is 0.181 e. The number of rotatable bonds is 3. The van der Waals surface area contributed by atoms with E-state index >= 15 is 0 Å². The van der Waals surface area contributed by atoms with Crippen LogP contribution in [0.4, 0.5) is 0 Å². The number of aryl methyl sites for hydroxylation is 1. The molecule has 15 heavy (non-hydrogen) atoms. The smallest absolute Gasteiger partial charge is 0.181 e. The maximum absolute atomic E-state index is 11.8. The molecule has 1 aromatic rings. The molecular formula is C12H16O2S. The quantitative estimate of drug-likeness (QED) is 0.740. The molecule has 0 saturated heterocycles. The van der Waals surface area contributed by atoms with Gasteiger partial charge in [0.05, 0.1) is 10.6 Å². The lowest BCUT2D eigenvalue weighted by molar-refractivity contribution is 0.599. The molecule has 0 aliphatic heterocycles. The fourth-order valence-electron chi connectivity index (χ4n) is 1.12. The summed E-state index contributed by atoms with van der Waals surface area (Å²) in [4.78, 5) is 0.394. The molecule has 0 fully saturated rings. The number of benzene rings is 1. The molecule has 0 spiro atoms. The van der Waals surface area contributed by atoms with Crippen LogP contribution in [0.25, 0.3) is 0 Å². The van der Waals surface area contributed by atoms with Gasteiger partial charge in [0.15, 0.2) is 9.84 Å². The third kappa shape index (κ3) is 3.51. The Morgan fingerprint density at radius 3 is 2.20 bits per heavy atom. The number of hydrogen-bond donors (Lipinski definition) is 0. The first kappa shape index (κ1) is 12.0. The molecule has 2 nitrogen and oxygen atoms in total. The molecule has 0 saturated carbocycles. The number of hydrogen-bond acceptors (Lipinski definition) is 2. The van der Waals surface area contributed by atoms with Crippen molar-refractivity contribution in [3.05, 3.63) is 41.5 Å². The highest BCUT2D eigenvalue weighted by Crippen LogP contribution is 2.12. The minimum absolute atomic E-state index is 0.0817. The van der Waals surface area contributed by atoms with Crippen LogP contribution in [0.3, 0.4) is 0 Å². The molecule has 0 heterocycles. The molecule has 0 aromatic heterocycles. The van der Waals surface area contributed by atoms with Crippen LogP contribution in [0.5, 0.6) is 0 Å². The number of sulfone groups is 1. The van der Waals surface area contributed by atoms with Crippen molar-refractivity contribution in [1.29, 1.82) is 0 Å². The Labute approximate surface area is 91.6 Å². The molecule has 0 atom stereocenters. The van der Waals surface area contributed by atoms with Crippen molar-refractivity contribution in [2.24, 2.45) is 0 Å². The van der Waals surface area contributed by atoms with Crippen LogP contribution >= 0.6 is 0 Å². The molecule has 3 heteroatoms. The zero-order valence-electron chi connectivity index (χ0n) is 9.32. The summed E-state index contributed by atoms with van der Waals surface area (Å²) >= 11 is 0. The predicted octanol–water partition coefficient (Wildman–Crippen LogP) is 2.73. The molecule has 0 amide bonds. The normalized spacial score (nSPS) is 11.1. The van der Waals surface area contributed by atoms with Gasteiger partial charge in [-0.3, -0.25) is 0 Å². The highest BCUT2D eigenvalue weighted by molar-refractivity contribution is 7.91. The summed E-state index contributed by atoms with van der Waals surface area (Å²) in [6, 6.07) is 6.94. The zero-order chi connectivity index (χ0) is 11.5. The van der Waals surface area contributed by atoms with E-state index < -0.39 is 9.84 Å². The molecule has 0 bridgehead atoms. The van der Waals surface area contributed by atoms with E-state index in [2.05, 4.69) is 0 Å². The second-order valence-electron chi connectivity index (χ2n) is 3.88. The van der Waals surface area contributed by atoms with Gasteiger partial charge in [0.1, 0.15) is 0 Å². The maximum atomic E-state index is 11.8. The average molecular weight is 224 g/mol. The van der Waals surface area contributed by atoms with E-state index in [-0.39, 0.29) is 5.75 Å². The van der Waals surface area contributed by atoms with Gasteiger partial charge >= 0.3 is 0 Å². The minimum atomic E-state index is -3.15. The molecule has 0 N–H and O–H groups in total. The first-order valence-corrected chi connectivity index (χ1v) is 6.50. The monoisotopic (exact) mass is 224 g/mol. The topological polar surface area (TPSA) is 34.1 Å². The molecule has 0 unspecified atom stereocenters. The Morgan fingerprint density at radius 2 is 1.73 bits per heavy atom. The van der Waals surface area contributed by atoms with Crippen LogP contribution in [-0.4, -0.2) is 14.2 Å². The summed E-state index contributed by atoms with van der Waals surface area (Å²) in [7, 11) is -3.15. The Hall–Kier alpha value is -1.09. The summed E-state index contributed by atoms with van der Waals surface area (Å²) in [6.45, 7) is 5.72. The van der Waals surface area contributed by atoms with Crippen molar-refractivity contribution < 1.29 is 8.42 Å². The number of allylic oxidation sites excluding steroid dienone is 1. The lowest BCUT2D eigenvalue weighted by Crippen LogP contribution is -2.04. The second kappa shape index (κ2) is 4.62. The SMILES string of the molecule is CC(C)=CCS(=O)(=O)c1ccc(C)cc1. The van der Waals surface area contributed by atoms with Crippen molar-refractivity contribution in [3.8, 4) is 0 Å². The van der Waals surface area contributed by atoms with Gasteiger partial charge in [0.25, 0.3) is 0 Å². The molecular weight excluding hydrogens is 208 g/mol. The Morgan fingerprint density at radius 1 is 1.20 bits per heavy atom. The van der Waals surface area contributed by atoms with Gasteiger partial charge < -0.3 is 0 Å². The van der Waals surface area contributed by atoms with E-state index in [1.54, 1.807) is 18.2 Å². The summed E-state index contributed by atoms with van der Waals surface area (Å²) < 4.78 is 23.6. The van der Waals surface area contributed by atoms with Crippen molar-refractivity contribution >= 4 is 9.84 Å². The molecule has 0 radical (unpaired) electrons. The van der Waals surface area contributed by atoms with Gasteiger partial charge in [-0.25, -0.2) is 8.42 Å². The van der Waals surface area contributed by atoms with Gasteiger partial charge in [0.2, 0.25) is 0 Å². The average Bonchev–Trinajstić information content (AvgIpc) is 2.16. The lowest BCUT2D eigenvalue weighted by Gasteiger charge is -2.02. The summed E-state index contributed by atoms with van der Waals surface area (Å²) in [6.07, 6.45) is 1.73. The van der Waals surface area contributed by atoms with Crippen molar-refractivity contribution in [2.45, 2.75) is 25.7 Å². The van der Waals surface area contributed by atoms with Crippen LogP contribution in [0.2, 0.25) is 0 Å². The molecule has 0 aliphatic carbocycles. The summed E-state index contributed by atoms with van der Waals surface area (Å²) in [5, 5.41) is 0. The Balaban J connectivity index is 2.97. The molecule has 1 aromatic carbocycles. The fraction of sp³-hybridized carbons (Fsp3) is 0.333. The van der Waals surface area contributed by atoms with Gasteiger partial charge in [0, 0.05) is 0 Å². The molecule has 82 valence electrons. The van der Waals surface area contributed by atoms with E-state index in [1.165, 1.54) is 0 Å². The van der Waals surface area contributed by atoms with Gasteiger partial charge in [-0.1, -0.05) is 29.3 Å². The first-order valence-electron chi connectivity index (χ1n) is 4.84. The highest BCUT2D eigenvalue weighted by Gasteiger charge is 2.11. The van der Waals surface area contributed by atoms with Crippen LogP contribution in [-0.2, 0) is 9.84 Å². The summed E-state index contributed by atoms with van der Waals surface area (Å²) in [5.41, 5.74) is 2.09. The third-order valence-electron chi connectivity index (χ3n) is 2.09. The first-order chi connectivity index (χ1) is 6.92. The van der Waals surface area contributed by atoms with Crippen LogP contribution in [0.1, 0.15) is 19.4 Å². The Kier molecular flexibility index (Phi) is 3.69. The van der Waals surface area contributed by atoms with Crippen molar-refractivity contribution in [3.63, 3.8) is 0 Å². The third-order valence-corrected chi connectivity index (χ3v) is 3.69. The van der Waals surface area contributed by atoms with Crippen LogP contribution in [0, 0.1) is 6.92 Å². The van der Waals surface area contributed by atoms with Crippen molar-refractivity contribution in [1.82, 2.24) is 0 Å². The van der Waals surface area contributed by atoms with Gasteiger partial charge in [-0.15, -0.1) is 0 Å². The van der Waals surface area contributed by atoms with Gasteiger partial charge in [-0.05, 0) is 32.9 Å². The van der Waals surface area contributed by atoms with E-state index in [0.29, 0.717) is 4.90 Å². The predicted molar refractivity (Wildman–Crippen MR) is 62.7 cm³/mol. The fourth-order valence-corrected chi connectivity index (χ4v) is 2.41.